The van der Waals surface area contributed by atoms with Crippen LogP contribution in [-0.4, -0.2) is 24.0 Å². The number of carbonyl (C=O) groups excluding carboxylic acids is 3. The van der Waals surface area contributed by atoms with Crippen molar-refractivity contribution in [1.29, 1.82) is 0 Å². The molecule has 2 amide bonds. The average molecular weight is 670 g/mol. The van der Waals surface area contributed by atoms with Crippen molar-refractivity contribution in [3.8, 4) is 5.75 Å². The van der Waals surface area contributed by atoms with Crippen LogP contribution in [-0.2, 0) is 0 Å². The van der Waals surface area contributed by atoms with Gasteiger partial charge < -0.3 is 10.1 Å². The van der Waals surface area contributed by atoms with Crippen LogP contribution in [0.1, 0.15) is 42.2 Å². The van der Waals surface area contributed by atoms with Gasteiger partial charge in [0.05, 0.1) is 16.3 Å². The van der Waals surface area contributed by atoms with E-state index in [1.54, 1.807) is 66.7 Å². The summed E-state index contributed by atoms with van der Waals surface area (Å²) in [7, 11) is 0. The SMILES string of the molecule is Cc1ccc(C(=O)Oc2c(Br)cc(Br)cc2C=NNC(=O)c2cccc(NC(=O)c3ccc(Cl)cc3)c2)cc1. The van der Waals surface area contributed by atoms with E-state index in [1.165, 1.54) is 12.3 Å². The van der Waals surface area contributed by atoms with E-state index < -0.39 is 11.9 Å². The number of esters is 1. The van der Waals surface area contributed by atoms with Crippen LogP contribution in [0.2, 0.25) is 5.02 Å². The Morgan fingerprint density at radius 2 is 1.54 bits per heavy atom. The number of benzene rings is 4. The van der Waals surface area contributed by atoms with Crippen molar-refractivity contribution in [2.45, 2.75) is 6.92 Å². The molecule has 196 valence electrons. The van der Waals surface area contributed by atoms with E-state index in [0.29, 0.717) is 36.3 Å². The number of nitrogens with zero attached hydrogens (tertiary/aromatic N) is 1. The molecular formula is C29H20Br2ClN3O4. The molecule has 10 heteroatoms. The Morgan fingerprint density at radius 3 is 2.26 bits per heavy atom. The van der Waals surface area contributed by atoms with Crippen molar-refractivity contribution in [3.63, 3.8) is 0 Å². The first-order valence-corrected chi connectivity index (χ1v) is 13.4. The van der Waals surface area contributed by atoms with E-state index >= 15 is 0 Å². The molecule has 0 aliphatic rings. The van der Waals surface area contributed by atoms with Crippen molar-refractivity contribution < 1.29 is 19.1 Å². The van der Waals surface area contributed by atoms with E-state index in [2.05, 4.69) is 47.7 Å². The highest BCUT2D eigenvalue weighted by atomic mass is 79.9. The van der Waals surface area contributed by atoms with Crippen LogP contribution in [0.4, 0.5) is 5.69 Å². The molecule has 4 aromatic carbocycles. The molecule has 0 radical (unpaired) electrons. The minimum absolute atomic E-state index is 0.244. The van der Waals surface area contributed by atoms with Gasteiger partial charge >= 0.3 is 5.97 Å². The molecule has 7 nitrogen and oxygen atoms in total. The molecule has 0 atom stereocenters. The van der Waals surface area contributed by atoms with Crippen LogP contribution < -0.4 is 15.5 Å². The topological polar surface area (TPSA) is 96.9 Å². The second kappa shape index (κ2) is 12.8. The van der Waals surface area contributed by atoms with Crippen LogP contribution >= 0.6 is 43.5 Å². The monoisotopic (exact) mass is 667 g/mol. The summed E-state index contributed by atoms with van der Waals surface area (Å²) in [5, 5.41) is 7.32. The highest BCUT2D eigenvalue weighted by molar-refractivity contribution is 9.11. The fourth-order valence-corrected chi connectivity index (χ4v) is 4.86. The molecule has 0 spiro atoms. The molecule has 0 fully saturated rings. The Kier molecular flexibility index (Phi) is 9.29. The number of hydrazone groups is 1. The molecule has 0 aromatic heterocycles. The van der Waals surface area contributed by atoms with Crippen LogP contribution in [0.15, 0.2) is 99.0 Å². The number of anilines is 1. The Hall–Kier alpha value is -3.79. The summed E-state index contributed by atoms with van der Waals surface area (Å²) in [6, 6.07) is 23.3. The quantitative estimate of drug-likeness (QED) is 0.0928. The minimum atomic E-state index is -0.533. The molecule has 4 rings (SSSR count). The third-order valence-electron chi connectivity index (χ3n) is 5.38. The van der Waals surface area contributed by atoms with Crippen molar-refractivity contribution >= 4 is 73.1 Å². The molecule has 0 aliphatic heterocycles. The third-order valence-corrected chi connectivity index (χ3v) is 6.68. The molecule has 0 saturated heterocycles. The van der Waals surface area contributed by atoms with Gasteiger partial charge in [0.2, 0.25) is 0 Å². The van der Waals surface area contributed by atoms with Gasteiger partial charge in [-0.05, 0) is 89.6 Å². The number of rotatable bonds is 7. The standard InChI is InChI=1S/C29H20Br2ClN3O4/c1-17-5-7-19(8-6-17)29(38)39-26-21(13-22(30)15-25(26)31)16-33-35-28(37)20-3-2-4-24(14-20)34-27(36)18-9-11-23(32)12-10-18/h2-16H,1H3,(H,34,36)(H,35,37). The fraction of sp³-hybridized carbons (Fsp3) is 0.0345. The van der Waals surface area contributed by atoms with Crippen molar-refractivity contribution in [1.82, 2.24) is 5.43 Å². The summed E-state index contributed by atoms with van der Waals surface area (Å²) in [6.07, 6.45) is 1.37. The van der Waals surface area contributed by atoms with Gasteiger partial charge in [-0.3, -0.25) is 9.59 Å². The highest BCUT2D eigenvalue weighted by Gasteiger charge is 2.16. The lowest BCUT2D eigenvalue weighted by atomic mass is 10.1. The number of aryl methyl sites for hydroxylation is 1. The number of amides is 2. The maximum Gasteiger partial charge on any atom is 0.343 e. The van der Waals surface area contributed by atoms with Gasteiger partial charge in [-0.1, -0.05) is 51.3 Å². The number of hydrogen-bond acceptors (Lipinski definition) is 5. The lowest BCUT2D eigenvalue weighted by molar-refractivity contribution is 0.0732. The Balaban J connectivity index is 1.45. The van der Waals surface area contributed by atoms with Gasteiger partial charge in [-0.25, -0.2) is 10.2 Å². The van der Waals surface area contributed by atoms with Gasteiger partial charge in [0, 0.05) is 31.9 Å². The molecule has 0 bridgehead atoms. The summed E-state index contributed by atoms with van der Waals surface area (Å²) in [5.41, 5.74) is 5.47. The molecule has 4 aromatic rings. The maximum absolute atomic E-state index is 12.7. The summed E-state index contributed by atoms with van der Waals surface area (Å²) in [6.45, 7) is 1.93. The zero-order valence-electron chi connectivity index (χ0n) is 20.4. The van der Waals surface area contributed by atoms with Crippen LogP contribution in [0, 0.1) is 6.92 Å². The zero-order valence-corrected chi connectivity index (χ0v) is 24.3. The van der Waals surface area contributed by atoms with Crippen molar-refractivity contribution in [2.24, 2.45) is 5.10 Å². The first kappa shape index (κ1) is 28.2. The van der Waals surface area contributed by atoms with Gasteiger partial charge in [0.15, 0.2) is 5.75 Å². The smallest absolute Gasteiger partial charge is 0.343 e. The number of hydrogen-bond donors (Lipinski definition) is 2. The molecule has 0 saturated carbocycles. The van der Waals surface area contributed by atoms with Crippen molar-refractivity contribution in [2.75, 3.05) is 5.32 Å². The van der Waals surface area contributed by atoms with Crippen LogP contribution in [0.25, 0.3) is 0 Å². The third kappa shape index (κ3) is 7.63. The van der Waals surface area contributed by atoms with Gasteiger partial charge in [0.1, 0.15) is 0 Å². The number of halogens is 3. The molecular weight excluding hydrogens is 650 g/mol. The van der Waals surface area contributed by atoms with Crippen LogP contribution in [0.3, 0.4) is 0 Å². The molecule has 0 unspecified atom stereocenters. The Bertz CT molecular complexity index is 1570. The first-order chi connectivity index (χ1) is 18.7. The predicted octanol–water partition coefficient (Wildman–Crippen LogP) is 7.41. The first-order valence-electron chi connectivity index (χ1n) is 11.5. The molecule has 39 heavy (non-hydrogen) atoms. The van der Waals surface area contributed by atoms with Gasteiger partial charge in [0.25, 0.3) is 11.8 Å². The predicted molar refractivity (Wildman–Crippen MR) is 159 cm³/mol. The normalized spacial score (nSPS) is 10.8. The summed E-state index contributed by atoms with van der Waals surface area (Å²) >= 11 is 12.7. The molecule has 0 aliphatic carbocycles. The number of ether oxygens (including phenoxy) is 1. The Morgan fingerprint density at radius 1 is 0.846 bits per heavy atom. The summed E-state index contributed by atoms with van der Waals surface area (Å²) < 4.78 is 6.87. The summed E-state index contributed by atoms with van der Waals surface area (Å²) in [4.78, 5) is 37.9. The van der Waals surface area contributed by atoms with Gasteiger partial charge in [-0.2, -0.15) is 5.10 Å². The van der Waals surface area contributed by atoms with E-state index in [0.717, 1.165) is 5.56 Å². The second-order valence-electron chi connectivity index (χ2n) is 8.30. The van der Waals surface area contributed by atoms with Gasteiger partial charge in [-0.15, -0.1) is 0 Å². The average Bonchev–Trinajstić information content (AvgIpc) is 2.91. The molecule has 2 N–H and O–H groups in total. The maximum atomic E-state index is 12.7. The minimum Gasteiger partial charge on any atom is -0.421 e. The zero-order chi connectivity index (χ0) is 27.9. The lowest BCUT2D eigenvalue weighted by Crippen LogP contribution is -2.18. The highest BCUT2D eigenvalue weighted by Crippen LogP contribution is 2.32. The number of nitrogens with one attached hydrogen (secondary N) is 2. The van der Waals surface area contributed by atoms with E-state index in [4.69, 9.17) is 16.3 Å². The Labute approximate surface area is 246 Å². The fourth-order valence-electron chi connectivity index (χ4n) is 3.39. The molecule has 0 heterocycles. The summed E-state index contributed by atoms with van der Waals surface area (Å²) in [5.74, 6) is -1.13. The lowest BCUT2D eigenvalue weighted by Gasteiger charge is -2.11. The van der Waals surface area contributed by atoms with E-state index in [9.17, 15) is 14.4 Å². The second-order valence-corrected chi connectivity index (χ2v) is 10.5. The van der Waals surface area contributed by atoms with E-state index in [-0.39, 0.29) is 17.2 Å². The number of carbonyl (C=O) groups is 3. The van der Waals surface area contributed by atoms with Crippen LogP contribution in [0.5, 0.6) is 5.75 Å². The van der Waals surface area contributed by atoms with E-state index in [1.807, 2.05) is 19.1 Å². The van der Waals surface area contributed by atoms with Crippen molar-refractivity contribution in [3.05, 3.63) is 127 Å². The largest absolute Gasteiger partial charge is 0.421 e.